The second kappa shape index (κ2) is 5.64. The molecule has 0 aliphatic heterocycles. The van der Waals surface area contributed by atoms with E-state index in [1.54, 1.807) is 0 Å². The minimum absolute atomic E-state index is 0.170. The Bertz CT molecular complexity index is 400. The van der Waals surface area contributed by atoms with Crippen LogP contribution in [0.25, 0.3) is 0 Å². The van der Waals surface area contributed by atoms with E-state index in [-0.39, 0.29) is 11.5 Å². The fourth-order valence-corrected chi connectivity index (χ4v) is 2.33. The third-order valence-electron chi connectivity index (χ3n) is 4.08. The molecule has 1 aromatic rings. The lowest BCUT2D eigenvalue weighted by Crippen LogP contribution is -2.30. The summed E-state index contributed by atoms with van der Waals surface area (Å²) in [7, 11) is 0. The number of hydrogen-bond donors (Lipinski definition) is 2. The molecule has 1 fully saturated rings. The monoisotopic (exact) mass is 261 g/mol. The zero-order valence-electron chi connectivity index (χ0n) is 12.6. The van der Waals surface area contributed by atoms with Crippen molar-refractivity contribution in [1.82, 2.24) is 5.32 Å². The molecule has 1 saturated carbocycles. The van der Waals surface area contributed by atoms with Crippen LogP contribution < -0.4 is 5.32 Å². The number of rotatable bonds is 5. The van der Waals surface area contributed by atoms with Crippen LogP contribution in [-0.2, 0) is 5.41 Å². The number of aliphatic hydroxyl groups is 1. The molecule has 2 unspecified atom stereocenters. The average Bonchev–Trinajstić information content (AvgIpc) is 3.19. The van der Waals surface area contributed by atoms with Crippen LogP contribution in [-0.4, -0.2) is 17.8 Å². The maximum absolute atomic E-state index is 9.87. The Morgan fingerprint density at radius 1 is 1.21 bits per heavy atom. The van der Waals surface area contributed by atoms with Gasteiger partial charge in [0.25, 0.3) is 0 Å². The zero-order chi connectivity index (χ0) is 14.0. The number of benzene rings is 1. The first-order valence-electron chi connectivity index (χ1n) is 7.40. The van der Waals surface area contributed by atoms with Crippen molar-refractivity contribution in [1.29, 1.82) is 0 Å². The van der Waals surface area contributed by atoms with Gasteiger partial charge in [0.15, 0.2) is 0 Å². The van der Waals surface area contributed by atoms with Gasteiger partial charge < -0.3 is 10.4 Å². The van der Waals surface area contributed by atoms with E-state index in [9.17, 15) is 5.11 Å². The first-order chi connectivity index (χ1) is 8.88. The van der Waals surface area contributed by atoms with E-state index < -0.39 is 0 Å². The Morgan fingerprint density at radius 3 is 2.26 bits per heavy atom. The average molecular weight is 261 g/mol. The summed E-state index contributed by atoms with van der Waals surface area (Å²) < 4.78 is 0. The lowest BCUT2D eigenvalue weighted by Gasteiger charge is -2.21. The first-order valence-corrected chi connectivity index (χ1v) is 7.40. The van der Waals surface area contributed by atoms with E-state index in [0.717, 1.165) is 0 Å². The van der Waals surface area contributed by atoms with Gasteiger partial charge in [-0.3, -0.25) is 0 Å². The highest BCUT2D eigenvalue weighted by Crippen LogP contribution is 2.32. The number of nitrogens with one attached hydrogen (secondary N) is 1. The van der Waals surface area contributed by atoms with Crippen molar-refractivity contribution in [2.45, 2.75) is 58.1 Å². The Kier molecular flexibility index (Phi) is 4.32. The molecule has 0 spiro atoms. The van der Waals surface area contributed by atoms with E-state index >= 15 is 0 Å². The molecule has 1 aliphatic carbocycles. The molecule has 2 atom stereocenters. The van der Waals surface area contributed by atoms with Gasteiger partial charge in [0, 0.05) is 12.6 Å². The molecular formula is C17H27NO. The maximum Gasteiger partial charge on any atom is 0.0692 e. The van der Waals surface area contributed by atoms with E-state index in [1.165, 1.54) is 24.0 Å². The smallest absolute Gasteiger partial charge is 0.0692 e. The Morgan fingerprint density at radius 2 is 1.79 bits per heavy atom. The van der Waals surface area contributed by atoms with Gasteiger partial charge in [-0.1, -0.05) is 45.0 Å². The van der Waals surface area contributed by atoms with E-state index in [0.29, 0.717) is 18.5 Å². The van der Waals surface area contributed by atoms with Gasteiger partial charge in [0.05, 0.1) is 6.10 Å². The normalized spacial score (nSPS) is 19.2. The van der Waals surface area contributed by atoms with Crippen LogP contribution in [0.15, 0.2) is 24.3 Å². The van der Waals surface area contributed by atoms with Crippen molar-refractivity contribution in [3.63, 3.8) is 0 Å². The summed E-state index contributed by atoms with van der Waals surface area (Å²) in [6.45, 7) is 9.56. The molecular weight excluding hydrogens is 234 g/mol. The van der Waals surface area contributed by atoms with Crippen molar-refractivity contribution in [3.05, 3.63) is 35.4 Å². The fourth-order valence-electron chi connectivity index (χ4n) is 2.33. The third kappa shape index (κ3) is 4.05. The molecule has 0 heterocycles. The second-order valence-electron chi connectivity index (χ2n) is 6.91. The molecule has 2 rings (SSSR count). The van der Waals surface area contributed by atoms with Crippen molar-refractivity contribution >= 4 is 0 Å². The van der Waals surface area contributed by atoms with E-state index in [4.69, 9.17) is 0 Å². The number of hydrogen-bond acceptors (Lipinski definition) is 2. The lowest BCUT2D eigenvalue weighted by molar-refractivity contribution is 0.145. The molecule has 2 nitrogen and oxygen atoms in total. The largest absolute Gasteiger partial charge is 0.392 e. The summed E-state index contributed by atoms with van der Waals surface area (Å²) in [6.07, 6.45) is 2.21. The van der Waals surface area contributed by atoms with E-state index in [2.05, 4.69) is 57.3 Å². The van der Waals surface area contributed by atoms with Crippen molar-refractivity contribution in [2.24, 2.45) is 5.92 Å². The molecule has 0 amide bonds. The van der Waals surface area contributed by atoms with Crippen molar-refractivity contribution < 1.29 is 5.11 Å². The molecule has 0 saturated heterocycles. The minimum atomic E-state index is -0.170. The summed E-state index contributed by atoms with van der Waals surface area (Å²) >= 11 is 0. The minimum Gasteiger partial charge on any atom is -0.392 e. The van der Waals surface area contributed by atoms with Crippen LogP contribution in [0.3, 0.4) is 0 Å². The van der Waals surface area contributed by atoms with Crippen LogP contribution in [0.1, 0.15) is 57.7 Å². The molecule has 2 heteroatoms. The molecule has 2 N–H and O–H groups in total. The fraction of sp³-hybridized carbons (Fsp3) is 0.647. The van der Waals surface area contributed by atoms with Crippen molar-refractivity contribution in [3.8, 4) is 0 Å². The van der Waals surface area contributed by atoms with Crippen LogP contribution in [0, 0.1) is 5.92 Å². The van der Waals surface area contributed by atoms with E-state index in [1.807, 2.05) is 0 Å². The molecule has 19 heavy (non-hydrogen) atoms. The molecule has 1 aromatic carbocycles. The van der Waals surface area contributed by atoms with Crippen LogP contribution >= 0.6 is 0 Å². The standard InChI is InChI=1S/C17H27NO/c1-12(18-11-16(19)14-5-6-14)13-7-9-15(10-8-13)17(2,3)4/h7-10,12,14,16,18-19H,5-6,11H2,1-4H3. The Labute approximate surface area is 117 Å². The Balaban J connectivity index is 1.89. The Hall–Kier alpha value is -0.860. The van der Waals surface area contributed by atoms with Crippen molar-refractivity contribution in [2.75, 3.05) is 6.54 Å². The van der Waals surface area contributed by atoms with Gasteiger partial charge in [-0.25, -0.2) is 0 Å². The van der Waals surface area contributed by atoms with Crippen LogP contribution in [0.5, 0.6) is 0 Å². The highest BCUT2D eigenvalue weighted by Gasteiger charge is 2.29. The van der Waals surface area contributed by atoms with Gasteiger partial charge in [-0.2, -0.15) is 0 Å². The summed E-state index contributed by atoms with van der Waals surface area (Å²) in [5.41, 5.74) is 2.86. The highest BCUT2D eigenvalue weighted by molar-refractivity contribution is 5.29. The predicted molar refractivity (Wildman–Crippen MR) is 80.3 cm³/mol. The van der Waals surface area contributed by atoms with Crippen LogP contribution in [0.2, 0.25) is 0 Å². The van der Waals surface area contributed by atoms with Gasteiger partial charge in [0.2, 0.25) is 0 Å². The molecule has 0 aromatic heterocycles. The summed E-state index contributed by atoms with van der Waals surface area (Å²) in [5, 5.41) is 13.3. The van der Waals surface area contributed by atoms with Gasteiger partial charge >= 0.3 is 0 Å². The SMILES string of the molecule is CC(NCC(O)C1CC1)c1ccc(C(C)(C)C)cc1. The first kappa shape index (κ1) is 14.5. The predicted octanol–water partition coefficient (Wildman–Crippen LogP) is 3.41. The summed E-state index contributed by atoms with van der Waals surface area (Å²) in [4.78, 5) is 0. The third-order valence-corrected chi connectivity index (χ3v) is 4.08. The zero-order valence-corrected chi connectivity index (χ0v) is 12.6. The molecule has 106 valence electrons. The summed E-state index contributed by atoms with van der Waals surface area (Å²) in [5.74, 6) is 0.544. The molecule has 0 bridgehead atoms. The molecule has 0 radical (unpaired) electrons. The lowest BCUT2D eigenvalue weighted by atomic mass is 9.86. The van der Waals surface area contributed by atoms with Gasteiger partial charge in [0.1, 0.15) is 0 Å². The van der Waals surface area contributed by atoms with Gasteiger partial charge in [-0.15, -0.1) is 0 Å². The summed E-state index contributed by atoms with van der Waals surface area (Å²) in [6, 6.07) is 9.11. The van der Waals surface area contributed by atoms with Gasteiger partial charge in [-0.05, 0) is 42.2 Å². The quantitative estimate of drug-likeness (QED) is 0.851. The highest BCUT2D eigenvalue weighted by atomic mass is 16.3. The number of aliphatic hydroxyl groups excluding tert-OH is 1. The molecule has 1 aliphatic rings. The van der Waals surface area contributed by atoms with Crippen LogP contribution in [0.4, 0.5) is 0 Å². The maximum atomic E-state index is 9.87. The topological polar surface area (TPSA) is 32.3 Å². The second-order valence-corrected chi connectivity index (χ2v) is 6.91.